The third kappa shape index (κ3) is 7.49. The van der Waals surface area contributed by atoms with Crippen molar-refractivity contribution >= 4 is 34.9 Å². The molecule has 1 saturated carbocycles. The number of nitrogens with one attached hydrogen (secondary N) is 1. The van der Waals surface area contributed by atoms with E-state index in [-0.39, 0.29) is 54.5 Å². The SMILES string of the molecule is CCOC1CCC(n2cc(NC(=O)c3csc(-c4cnn(COC(=O)CCC(=O)O)c4)n3)c(-c3nc(F)ccc3F)n2)CC1. The lowest BCUT2D eigenvalue weighted by molar-refractivity contribution is -0.151. The summed E-state index contributed by atoms with van der Waals surface area (Å²) in [6.07, 6.45) is 7.40. The Hall–Kier alpha value is -4.57. The fourth-order valence-corrected chi connectivity index (χ4v) is 5.58. The molecule has 1 fully saturated rings. The van der Waals surface area contributed by atoms with E-state index in [1.54, 1.807) is 17.1 Å². The summed E-state index contributed by atoms with van der Waals surface area (Å²) >= 11 is 1.17. The molecule has 0 spiro atoms. The van der Waals surface area contributed by atoms with Gasteiger partial charge in [0.1, 0.15) is 22.1 Å². The maximum atomic E-state index is 14.8. The van der Waals surface area contributed by atoms with E-state index in [4.69, 9.17) is 14.6 Å². The second-order valence-corrected chi connectivity index (χ2v) is 10.9. The van der Waals surface area contributed by atoms with Crippen molar-refractivity contribution in [1.82, 2.24) is 29.5 Å². The number of aliphatic carboxylic acids is 1. The number of nitrogens with zero attached hydrogens (tertiary/aromatic N) is 6. The smallest absolute Gasteiger partial charge is 0.308 e. The highest BCUT2D eigenvalue weighted by molar-refractivity contribution is 7.13. The Morgan fingerprint density at radius 3 is 2.64 bits per heavy atom. The molecule has 0 saturated heterocycles. The Balaban J connectivity index is 1.30. The largest absolute Gasteiger partial charge is 0.481 e. The number of aromatic nitrogens is 6. The van der Waals surface area contributed by atoms with Crippen LogP contribution in [0.1, 0.15) is 62.0 Å². The van der Waals surface area contributed by atoms with Crippen LogP contribution in [0, 0.1) is 11.8 Å². The molecule has 44 heavy (non-hydrogen) atoms. The quantitative estimate of drug-likeness (QED) is 0.166. The van der Waals surface area contributed by atoms with Crippen molar-refractivity contribution in [3.8, 4) is 22.0 Å². The van der Waals surface area contributed by atoms with Gasteiger partial charge >= 0.3 is 11.9 Å². The minimum Gasteiger partial charge on any atom is -0.481 e. The first-order valence-electron chi connectivity index (χ1n) is 13.9. The van der Waals surface area contributed by atoms with Crippen LogP contribution in [0.3, 0.4) is 0 Å². The number of hydrogen-bond donors (Lipinski definition) is 2. The van der Waals surface area contributed by atoms with Crippen LogP contribution in [-0.4, -0.2) is 65.2 Å². The number of carboxylic acid groups (broad SMARTS) is 1. The summed E-state index contributed by atoms with van der Waals surface area (Å²) in [4.78, 5) is 43.6. The van der Waals surface area contributed by atoms with Crippen LogP contribution >= 0.6 is 11.3 Å². The summed E-state index contributed by atoms with van der Waals surface area (Å²) in [5, 5.41) is 22.0. The lowest BCUT2D eigenvalue weighted by Gasteiger charge is -2.28. The number of hydrogen-bond acceptors (Lipinski definition) is 10. The predicted octanol–water partition coefficient (Wildman–Crippen LogP) is 4.68. The van der Waals surface area contributed by atoms with Gasteiger partial charge in [-0.15, -0.1) is 11.3 Å². The van der Waals surface area contributed by atoms with Crippen molar-refractivity contribution in [2.45, 2.75) is 64.3 Å². The Bertz CT molecular complexity index is 1650. The predicted molar refractivity (Wildman–Crippen MR) is 153 cm³/mol. The molecule has 0 radical (unpaired) electrons. The van der Waals surface area contributed by atoms with Crippen molar-refractivity contribution < 1.29 is 37.7 Å². The van der Waals surface area contributed by atoms with Gasteiger partial charge in [-0.3, -0.25) is 19.1 Å². The Morgan fingerprint density at radius 1 is 1.09 bits per heavy atom. The number of anilines is 1. The molecule has 13 nitrogen and oxygen atoms in total. The third-order valence-electron chi connectivity index (χ3n) is 6.95. The number of thiazole rings is 1. The Kier molecular flexibility index (Phi) is 9.69. The summed E-state index contributed by atoms with van der Waals surface area (Å²) in [6, 6.07) is 1.84. The van der Waals surface area contributed by atoms with E-state index in [0.717, 1.165) is 37.8 Å². The van der Waals surface area contributed by atoms with Crippen LogP contribution in [0.15, 0.2) is 36.1 Å². The van der Waals surface area contributed by atoms with Gasteiger partial charge in [-0.25, -0.2) is 19.0 Å². The van der Waals surface area contributed by atoms with Crippen LogP contribution in [0.4, 0.5) is 14.5 Å². The van der Waals surface area contributed by atoms with Gasteiger partial charge in [0.05, 0.1) is 36.9 Å². The highest BCUT2D eigenvalue weighted by atomic mass is 32.1. The molecule has 1 amide bonds. The second-order valence-electron chi connectivity index (χ2n) is 10.0. The first-order chi connectivity index (χ1) is 21.2. The fourth-order valence-electron chi connectivity index (χ4n) is 4.80. The maximum absolute atomic E-state index is 14.8. The number of rotatable bonds is 12. The molecule has 4 aromatic rings. The zero-order valence-corrected chi connectivity index (χ0v) is 24.4. The molecule has 4 aromatic heterocycles. The van der Waals surface area contributed by atoms with Crippen molar-refractivity contribution in [2.24, 2.45) is 0 Å². The van der Waals surface area contributed by atoms with Gasteiger partial charge < -0.3 is 19.9 Å². The number of amides is 1. The molecule has 1 aliphatic carbocycles. The molecule has 4 heterocycles. The second kappa shape index (κ2) is 13.8. The molecule has 1 aliphatic rings. The molecular formula is C28H29F2N7O6S. The molecule has 0 bridgehead atoms. The van der Waals surface area contributed by atoms with E-state index >= 15 is 0 Å². The van der Waals surface area contributed by atoms with Gasteiger partial charge in [-0.2, -0.15) is 14.6 Å². The molecule has 0 aliphatic heterocycles. The molecule has 2 N–H and O–H groups in total. The number of carbonyl (C=O) groups is 3. The number of carbonyl (C=O) groups excluding carboxylic acids is 2. The van der Waals surface area contributed by atoms with Gasteiger partial charge in [-0.05, 0) is 44.7 Å². The normalized spacial score (nSPS) is 16.5. The van der Waals surface area contributed by atoms with E-state index < -0.39 is 29.6 Å². The van der Waals surface area contributed by atoms with Gasteiger partial charge in [0, 0.05) is 29.9 Å². The molecule has 0 unspecified atom stereocenters. The van der Waals surface area contributed by atoms with Gasteiger partial charge in [-0.1, -0.05) is 0 Å². The Labute approximate surface area is 253 Å². The number of halogens is 2. The Morgan fingerprint density at radius 2 is 1.89 bits per heavy atom. The molecule has 5 rings (SSSR count). The van der Waals surface area contributed by atoms with E-state index in [9.17, 15) is 23.2 Å². The van der Waals surface area contributed by atoms with Crippen molar-refractivity contribution in [1.29, 1.82) is 0 Å². The number of ether oxygens (including phenoxy) is 2. The van der Waals surface area contributed by atoms with Crippen molar-refractivity contribution in [2.75, 3.05) is 11.9 Å². The summed E-state index contributed by atoms with van der Waals surface area (Å²) in [7, 11) is 0. The standard InChI is InChI=1S/C28H29F2N7O6S/c1-2-42-18-5-3-17(4-6-18)37-13-20(26(35-37)25-19(29)7-8-22(30)34-25)32-27(41)21-14-44-28(33-21)16-11-31-36(12-16)15-43-24(40)10-9-23(38)39/h7-8,11-14,17-18H,2-6,9-10,15H2,1H3,(H,32,41)(H,38,39). The van der Waals surface area contributed by atoms with E-state index in [0.29, 0.717) is 17.2 Å². The maximum Gasteiger partial charge on any atom is 0.308 e. The zero-order chi connectivity index (χ0) is 31.2. The topological polar surface area (TPSA) is 163 Å². The molecular weight excluding hydrogens is 600 g/mol. The monoisotopic (exact) mass is 629 g/mol. The van der Waals surface area contributed by atoms with Crippen LogP contribution < -0.4 is 5.32 Å². The minimum atomic E-state index is -1.10. The third-order valence-corrected chi connectivity index (χ3v) is 7.85. The minimum absolute atomic E-state index is 0.00286. The van der Waals surface area contributed by atoms with E-state index in [2.05, 4.69) is 25.5 Å². The summed E-state index contributed by atoms with van der Waals surface area (Å²) in [6.45, 7) is 2.36. The van der Waals surface area contributed by atoms with Crippen molar-refractivity contribution in [3.63, 3.8) is 0 Å². The van der Waals surface area contributed by atoms with Gasteiger partial charge in [0.25, 0.3) is 5.91 Å². The van der Waals surface area contributed by atoms with Crippen LogP contribution in [0.25, 0.3) is 22.0 Å². The number of carboxylic acids is 1. The lowest BCUT2D eigenvalue weighted by Crippen LogP contribution is -2.24. The molecule has 0 atom stereocenters. The summed E-state index contributed by atoms with van der Waals surface area (Å²) in [5.74, 6) is -4.04. The first-order valence-corrected chi connectivity index (χ1v) is 14.8. The molecule has 232 valence electrons. The zero-order valence-electron chi connectivity index (χ0n) is 23.6. The van der Waals surface area contributed by atoms with Crippen LogP contribution in [0.5, 0.6) is 0 Å². The van der Waals surface area contributed by atoms with E-state index in [1.807, 2.05) is 6.92 Å². The average Bonchev–Trinajstić information content (AvgIpc) is 3.77. The highest BCUT2D eigenvalue weighted by Gasteiger charge is 2.27. The number of esters is 1. The van der Waals surface area contributed by atoms with Crippen LogP contribution in [-0.2, 0) is 25.8 Å². The average molecular weight is 630 g/mol. The molecule has 0 aromatic carbocycles. The van der Waals surface area contributed by atoms with Gasteiger partial charge in [0.2, 0.25) is 5.95 Å². The summed E-state index contributed by atoms with van der Waals surface area (Å²) in [5.41, 5.74) is 0.458. The first kappa shape index (κ1) is 30.9. The lowest BCUT2D eigenvalue weighted by atomic mass is 9.93. The summed E-state index contributed by atoms with van der Waals surface area (Å²) < 4.78 is 42.5. The highest BCUT2D eigenvalue weighted by Crippen LogP contribution is 2.34. The van der Waals surface area contributed by atoms with Gasteiger partial charge in [0.15, 0.2) is 12.5 Å². The molecule has 16 heteroatoms. The van der Waals surface area contributed by atoms with Crippen LogP contribution in [0.2, 0.25) is 0 Å². The van der Waals surface area contributed by atoms with Crippen molar-refractivity contribution in [3.05, 3.63) is 53.6 Å². The fraction of sp³-hybridized carbons (Fsp3) is 0.393. The number of pyridine rings is 1. The van der Waals surface area contributed by atoms with E-state index in [1.165, 1.54) is 27.6 Å².